The third-order valence-corrected chi connectivity index (χ3v) is 10.2. The summed E-state index contributed by atoms with van der Waals surface area (Å²) in [7, 11) is 3.06. The molecule has 3 atom stereocenters. The molecule has 1 N–H and O–H groups in total. The van der Waals surface area contributed by atoms with Crippen LogP contribution in [-0.2, 0) is 29.0 Å². The van der Waals surface area contributed by atoms with E-state index in [9.17, 15) is 19.2 Å². The summed E-state index contributed by atoms with van der Waals surface area (Å²) in [6, 6.07) is 23.6. The maximum Gasteiger partial charge on any atom is 0.262 e. The molecule has 7 rings (SSSR count). The number of benzene rings is 3. The van der Waals surface area contributed by atoms with Crippen molar-refractivity contribution in [3.63, 3.8) is 0 Å². The van der Waals surface area contributed by atoms with Crippen LogP contribution in [0.15, 0.2) is 89.5 Å². The fourth-order valence-electron chi connectivity index (χ4n) is 7.74. The van der Waals surface area contributed by atoms with Gasteiger partial charge in [-0.15, -0.1) is 0 Å². The van der Waals surface area contributed by atoms with Gasteiger partial charge in [0.05, 0.1) is 43.8 Å². The van der Waals surface area contributed by atoms with Gasteiger partial charge in [0.25, 0.3) is 11.8 Å². The van der Waals surface area contributed by atoms with Crippen LogP contribution in [0.5, 0.6) is 11.5 Å². The highest BCUT2D eigenvalue weighted by molar-refractivity contribution is 6.22. The van der Waals surface area contributed by atoms with Crippen LogP contribution in [0.3, 0.4) is 0 Å². The Kier molecular flexibility index (Phi) is 8.24. The summed E-state index contributed by atoms with van der Waals surface area (Å²) in [5, 5.41) is 3.09. The minimum atomic E-state index is -1.33. The standard InChI is InChI=1S/C38H37N3O7/c1-46-28-13-14-32(33(20-28)47-2)39-37(45)38(16-15-26-18-24-8-3-4-9-25(24)19-27(26)21-38)41(22-29-10-7-17-48-29)34(42)23-40-35(43)30-11-5-6-12-31(30)36(40)44/h3-14,17,20,26-27H,15-16,18-19,21-23H2,1-2H3,(H,39,45)/t26-,27+,38?/m1/s1. The summed E-state index contributed by atoms with van der Waals surface area (Å²) in [4.78, 5) is 58.7. The van der Waals surface area contributed by atoms with E-state index in [1.54, 1.807) is 61.7 Å². The van der Waals surface area contributed by atoms with Gasteiger partial charge in [0, 0.05) is 6.07 Å². The second-order valence-corrected chi connectivity index (χ2v) is 12.8. The number of methoxy groups -OCH3 is 2. The van der Waals surface area contributed by atoms with E-state index >= 15 is 0 Å². The van der Waals surface area contributed by atoms with Gasteiger partial charge in [-0.1, -0.05) is 36.4 Å². The number of nitrogens with one attached hydrogen (secondary N) is 1. The Bertz CT molecular complexity index is 1850. The van der Waals surface area contributed by atoms with Crippen LogP contribution in [0.2, 0.25) is 0 Å². The second kappa shape index (κ2) is 12.7. The molecule has 3 aromatic carbocycles. The highest BCUT2D eigenvalue weighted by Crippen LogP contribution is 2.47. The summed E-state index contributed by atoms with van der Waals surface area (Å²) in [5.74, 6) is -0.0398. The summed E-state index contributed by atoms with van der Waals surface area (Å²) in [5.41, 5.74) is 2.20. The van der Waals surface area contributed by atoms with Crippen molar-refractivity contribution < 1.29 is 33.1 Å². The van der Waals surface area contributed by atoms with Gasteiger partial charge in [0.2, 0.25) is 11.8 Å². The fraction of sp³-hybridized carbons (Fsp3) is 0.316. The first-order valence-electron chi connectivity index (χ1n) is 16.2. The molecule has 0 saturated heterocycles. The molecule has 246 valence electrons. The molecule has 3 aliphatic rings. The number of carbonyl (C=O) groups is 4. The lowest BCUT2D eigenvalue weighted by Crippen LogP contribution is -2.63. The van der Waals surface area contributed by atoms with E-state index < -0.39 is 29.8 Å². The van der Waals surface area contributed by atoms with Crippen molar-refractivity contribution in [3.05, 3.63) is 113 Å². The highest BCUT2D eigenvalue weighted by atomic mass is 16.5. The lowest BCUT2D eigenvalue weighted by molar-refractivity contribution is -0.151. The first kappa shape index (κ1) is 31.2. The van der Waals surface area contributed by atoms with Crippen LogP contribution in [0.1, 0.15) is 56.9 Å². The van der Waals surface area contributed by atoms with Crippen LogP contribution in [0.4, 0.5) is 5.69 Å². The smallest absolute Gasteiger partial charge is 0.262 e. The molecule has 0 spiro atoms. The molecule has 1 unspecified atom stereocenters. The van der Waals surface area contributed by atoms with Crippen molar-refractivity contribution >= 4 is 29.3 Å². The predicted molar refractivity (Wildman–Crippen MR) is 177 cm³/mol. The van der Waals surface area contributed by atoms with Crippen LogP contribution >= 0.6 is 0 Å². The van der Waals surface area contributed by atoms with Gasteiger partial charge in [-0.2, -0.15) is 0 Å². The Morgan fingerprint density at radius 1 is 0.896 bits per heavy atom. The van der Waals surface area contributed by atoms with Crippen LogP contribution in [-0.4, -0.2) is 59.7 Å². The summed E-state index contributed by atoms with van der Waals surface area (Å²) >= 11 is 0. The molecule has 2 aliphatic carbocycles. The highest BCUT2D eigenvalue weighted by Gasteiger charge is 2.53. The normalized spacial score (nSPS) is 21.2. The zero-order valence-corrected chi connectivity index (χ0v) is 26.9. The average Bonchev–Trinajstić information content (AvgIpc) is 3.72. The number of furan rings is 1. The fourth-order valence-corrected chi connectivity index (χ4v) is 7.74. The predicted octanol–water partition coefficient (Wildman–Crippen LogP) is 5.51. The van der Waals surface area contributed by atoms with E-state index in [-0.39, 0.29) is 29.5 Å². The van der Waals surface area contributed by atoms with Crippen LogP contribution in [0.25, 0.3) is 0 Å². The van der Waals surface area contributed by atoms with Gasteiger partial charge in [0.15, 0.2) is 0 Å². The molecule has 10 heteroatoms. The van der Waals surface area contributed by atoms with Gasteiger partial charge < -0.3 is 24.1 Å². The number of anilines is 1. The second-order valence-electron chi connectivity index (χ2n) is 12.8. The lowest BCUT2D eigenvalue weighted by atomic mass is 9.62. The molecule has 2 heterocycles. The number of amides is 4. The molecular weight excluding hydrogens is 610 g/mol. The number of imide groups is 1. The molecule has 4 aromatic rings. The molecule has 4 amide bonds. The zero-order valence-electron chi connectivity index (χ0n) is 26.9. The molecule has 1 fully saturated rings. The van der Waals surface area contributed by atoms with Gasteiger partial charge >= 0.3 is 0 Å². The van der Waals surface area contributed by atoms with Crippen molar-refractivity contribution in [2.24, 2.45) is 11.8 Å². The molecule has 48 heavy (non-hydrogen) atoms. The number of fused-ring (bicyclic) bond motifs is 3. The third-order valence-electron chi connectivity index (χ3n) is 10.2. The van der Waals surface area contributed by atoms with Crippen molar-refractivity contribution in [2.45, 2.75) is 44.2 Å². The quantitative estimate of drug-likeness (QED) is 0.238. The van der Waals surface area contributed by atoms with Gasteiger partial charge in [-0.3, -0.25) is 24.1 Å². The molecule has 0 radical (unpaired) electrons. The Labute approximate surface area is 278 Å². The van der Waals surface area contributed by atoms with E-state index in [0.29, 0.717) is 48.1 Å². The number of hydrogen-bond acceptors (Lipinski definition) is 7. The van der Waals surface area contributed by atoms with Crippen molar-refractivity contribution in [1.82, 2.24) is 9.80 Å². The molecule has 0 bridgehead atoms. The zero-order chi connectivity index (χ0) is 33.4. The van der Waals surface area contributed by atoms with Crippen molar-refractivity contribution in [2.75, 3.05) is 26.1 Å². The van der Waals surface area contributed by atoms with E-state index in [0.717, 1.165) is 17.7 Å². The monoisotopic (exact) mass is 647 g/mol. The first-order chi connectivity index (χ1) is 23.3. The maximum atomic E-state index is 14.9. The van der Waals surface area contributed by atoms with E-state index in [1.807, 2.05) is 6.07 Å². The third kappa shape index (κ3) is 5.51. The number of nitrogens with zero attached hydrogens (tertiary/aromatic N) is 2. The number of hydrogen-bond donors (Lipinski definition) is 1. The SMILES string of the molecule is COc1ccc(NC(=O)C2(N(Cc3ccco3)C(=O)CN3C(=O)c4ccccc4C3=O)CC[C@@H]3Cc4ccccc4C[C@H]3C2)c(OC)c1. The number of rotatable bonds is 9. The molecule has 1 aromatic heterocycles. The molecule has 1 saturated carbocycles. The molecule has 1 aliphatic heterocycles. The lowest BCUT2D eigenvalue weighted by Gasteiger charge is -2.51. The summed E-state index contributed by atoms with van der Waals surface area (Å²) < 4.78 is 16.7. The van der Waals surface area contributed by atoms with E-state index in [4.69, 9.17) is 13.9 Å². The topological polar surface area (TPSA) is 118 Å². The van der Waals surface area contributed by atoms with Crippen LogP contribution in [0, 0.1) is 11.8 Å². The van der Waals surface area contributed by atoms with E-state index in [2.05, 4.69) is 23.5 Å². The van der Waals surface area contributed by atoms with Crippen molar-refractivity contribution in [1.29, 1.82) is 0 Å². The molecular formula is C38H37N3O7. The minimum absolute atomic E-state index is 0.0177. The van der Waals surface area contributed by atoms with Gasteiger partial charge in [-0.05, 0) is 91.5 Å². The average molecular weight is 648 g/mol. The van der Waals surface area contributed by atoms with E-state index in [1.165, 1.54) is 29.4 Å². The first-order valence-corrected chi connectivity index (χ1v) is 16.2. The van der Waals surface area contributed by atoms with Gasteiger partial charge in [-0.25, -0.2) is 0 Å². The van der Waals surface area contributed by atoms with Gasteiger partial charge in [0.1, 0.15) is 29.3 Å². The number of carbonyl (C=O) groups excluding carboxylic acids is 4. The Hall–Kier alpha value is -5.38. The molecule has 10 nitrogen and oxygen atoms in total. The van der Waals surface area contributed by atoms with Crippen molar-refractivity contribution in [3.8, 4) is 11.5 Å². The Morgan fingerprint density at radius 3 is 2.23 bits per heavy atom. The Morgan fingerprint density at radius 2 is 1.58 bits per heavy atom. The largest absolute Gasteiger partial charge is 0.497 e. The summed E-state index contributed by atoms with van der Waals surface area (Å²) in [6.07, 6.45) is 4.70. The Balaban J connectivity index is 1.28. The summed E-state index contributed by atoms with van der Waals surface area (Å²) in [6.45, 7) is -0.527. The van der Waals surface area contributed by atoms with Crippen LogP contribution < -0.4 is 14.8 Å². The maximum absolute atomic E-state index is 14.9. The minimum Gasteiger partial charge on any atom is -0.497 e. The number of ether oxygens (including phenoxy) is 2.